The van der Waals surface area contributed by atoms with Gasteiger partial charge in [0.1, 0.15) is 5.75 Å². The summed E-state index contributed by atoms with van der Waals surface area (Å²) < 4.78 is 33.5. The fourth-order valence-electron chi connectivity index (χ4n) is 2.46. The van der Waals surface area contributed by atoms with Gasteiger partial charge in [-0.05, 0) is 43.5 Å². The second-order valence-electron chi connectivity index (χ2n) is 6.89. The van der Waals surface area contributed by atoms with E-state index in [-0.39, 0.29) is 11.5 Å². The molecule has 0 aliphatic carbocycles. The molecule has 26 heavy (non-hydrogen) atoms. The van der Waals surface area contributed by atoms with Crippen molar-refractivity contribution in [3.8, 4) is 5.75 Å². The van der Waals surface area contributed by atoms with Crippen LogP contribution in [0, 0.1) is 5.92 Å². The first-order valence-corrected chi connectivity index (χ1v) is 10.4. The Morgan fingerprint density at radius 3 is 2.38 bits per heavy atom. The van der Waals surface area contributed by atoms with Crippen LogP contribution in [0.25, 0.3) is 0 Å². The van der Waals surface area contributed by atoms with E-state index in [9.17, 15) is 18.0 Å². The standard InChI is InChI=1S/C18H25NO6S/c1-12(2)10-24-16-6-4-14(5-7-16)18(21)25-13(3)17(20)19-15-8-9-26(22,23)11-15/h4-7,12-13,15H,8-11H2,1-3H3,(H,19,20)/t13-,15+/m0/s1. The van der Waals surface area contributed by atoms with Gasteiger partial charge in [-0.2, -0.15) is 0 Å². The van der Waals surface area contributed by atoms with Gasteiger partial charge in [-0.15, -0.1) is 0 Å². The van der Waals surface area contributed by atoms with Gasteiger partial charge in [0, 0.05) is 6.04 Å². The molecule has 0 unspecified atom stereocenters. The lowest BCUT2D eigenvalue weighted by atomic mass is 10.2. The van der Waals surface area contributed by atoms with Gasteiger partial charge in [0.25, 0.3) is 5.91 Å². The summed E-state index contributed by atoms with van der Waals surface area (Å²) in [4.78, 5) is 24.2. The Labute approximate surface area is 154 Å². The first-order valence-electron chi connectivity index (χ1n) is 8.61. The molecular weight excluding hydrogens is 358 g/mol. The molecule has 2 atom stereocenters. The third-order valence-corrected chi connectivity index (χ3v) is 5.67. The molecule has 1 heterocycles. The summed E-state index contributed by atoms with van der Waals surface area (Å²) in [6.45, 7) is 6.12. The van der Waals surface area contributed by atoms with Crippen LogP contribution >= 0.6 is 0 Å². The highest BCUT2D eigenvalue weighted by atomic mass is 32.2. The molecule has 0 aromatic heterocycles. The van der Waals surface area contributed by atoms with Gasteiger partial charge < -0.3 is 14.8 Å². The van der Waals surface area contributed by atoms with Crippen LogP contribution in [-0.2, 0) is 19.4 Å². The molecule has 0 spiro atoms. The van der Waals surface area contributed by atoms with Gasteiger partial charge in [0.05, 0.1) is 23.7 Å². The molecule has 2 rings (SSSR count). The largest absolute Gasteiger partial charge is 0.493 e. The molecule has 1 fully saturated rings. The molecule has 7 nitrogen and oxygen atoms in total. The smallest absolute Gasteiger partial charge is 0.338 e. The van der Waals surface area contributed by atoms with Crippen molar-refractivity contribution in [2.24, 2.45) is 5.92 Å². The summed E-state index contributed by atoms with van der Waals surface area (Å²) >= 11 is 0. The van der Waals surface area contributed by atoms with Crippen molar-refractivity contribution in [1.82, 2.24) is 5.32 Å². The van der Waals surface area contributed by atoms with Gasteiger partial charge >= 0.3 is 5.97 Å². The lowest BCUT2D eigenvalue weighted by Crippen LogP contribution is -2.42. The maximum Gasteiger partial charge on any atom is 0.338 e. The Balaban J connectivity index is 1.85. The van der Waals surface area contributed by atoms with E-state index in [1.807, 2.05) is 13.8 Å². The maximum atomic E-state index is 12.1. The number of carbonyl (C=O) groups is 2. The van der Waals surface area contributed by atoms with Gasteiger partial charge in [-0.25, -0.2) is 13.2 Å². The number of sulfone groups is 1. The van der Waals surface area contributed by atoms with E-state index in [0.29, 0.717) is 30.3 Å². The number of hydrogen-bond acceptors (Lipinski definition) is 6. The predicted octanol–water partition coefficient (Wildman–Crippen LogP) is 1.57. The zero-order valence-electron chi connectivity index (χ0n) is 15.2. The number of benzene rings is 1. The van der Waals surface area contributed by atoms with Crippen molar-refractivity contribution in [2.45, 2.75) is 39.3 Å². The third kappa shape index (κ3) is 6.01. The Hall–Kier alpha value is -2.09. The molecule has 0 radical (unpaired) electrons. The van der Waals surface area contributed by atoms with Crippen molar-refractivity contribution >= 4 is 21.7 Å². The maximum absolute atomic E-state index is 12.1. The fourth-order valence-corrected chi connectivity index (χ4v) is 4.13. The Morgan fingerprint density at radius 2 is 1.85 bits per heavy atom. The number of amides is 1. The minimum atomic E-state index is -3.08. The first-order chi connectivity index (χ1) is 12.2. The number of hydrogen-bond donors (Lipinski definition) is 1. The number of rotatable bonds is 7. The van der Waals surface area contributed by atoms with E-state index in [1.165, 1.54) is 6.92 Å². The van der Waals surface area contributed by atoms with Gasteiger partial charge in [-0.1, -0.05) is 13.8 Å². The number of ether oxygens (including phenoxy) is 2. The summed E-state index contributed by atoms with van der Waals surface area (Å²) in [5, 5.41) is 2.61. The molecule has 1 aliphatic heterocycles. The predicted molar refractivity (Wildman–Crippen MR) is 96.9 cm³/mol. The minimum absolute atomic E-state index is 0.0668. The number of carbonyl (C=O) groups excluding carboxylic acids is 2. The number of esters is 1. The van der Waals surface area contributed by atoms with Crippen LogP contribution in [0.3, 0.4) is 0 Å². The monoisotopic (exact) mass is 383 g/mol. The zero-order chi connectivity index (χ0) is 19.3. The molecule has 0 bridgehead atoms. The average molecular weight is 383 g/mol. The van der Waals surface area contributed by atoms with E-state index in [4.69, 9.17) is 9.47 Å². The van der Waals surface area contributed by atoms with E-state index < -0.39 is 33.9 Å². The van der Waals surface area contributed by atoms with Crippen molar-refractivity contribution < 1.29 is 27.5 Å². The van der Waals surface area contributed by atoms with Crippen LogP contribution in [0.1, 0.15) is 37.6 Å². The SMILES string of the molecule is CC(C)COc1ccc(C(=O)O[C@@H](C)C(=O)N[C@@H]2CCS(=O)(=O)C2)cc1. The van der Waals surface area contributed by atoms with Crippen LogP contribution in [0.4, 0.5) is 0 Å². The van der Waals surface area contributed by atoms with Crippen LogP contribution in [0.2, 0.25) is 0 Å². The van der Waals surface area contributed by atoms with Crippen LogP contribution in [0.5, 0.6) is 5.75 Å². The van der Waals surface area contributed by atoms with Gasteiger partial charge in [0.2, 0.25) is 0 Å². The lowest BCUT2D eigenvalue weighted by Gasteiger charge is -2.16. The van der Waals surface area contributed by atoms with E-state index >= 15 is 0 Å². The molecule has 1 aromatic rings. The van der Waals surface area contributed by atoms with E-state index in [2.05, 4.69) is 5.32 Å². The van der Waals surface area contributed by atoms with E-state index in [0.717, 1.165) is 0 Å². The third-order valence-electron chi connectivity index (χ3n) is 3.91. The summed E-state index contributed by atoms with van der Waals surface area (Å²) in [5.74, 6) is -0.0778. The highest BCUT2D eigenvalue weighted by molar-refractivity contribution is 7.91. The topological polar surface area (TPSA) is 98.8 Å². The summed E-state index contributed by atoms with van der Waals surface area (Å²) in [7, 11) is -3.08. The Kier molecular flexibility index (Phi) is 6.63. The highest BCUT2D eigenvalue weighted by Crippen LogP contribution is 2.15. The first kappa shape index (κ1) is 20.2. The summed E-state index contributed by atoms with van der Waals surface area (Å²) in [6, 6.07) is 6.07. The highest BCUT2D eigenvalue weighted by Gasteiger charge is 2.30. The molecule has 144 valence electrons. The summed E-state index contributed by atoms with van der Waals surface area (Å²) in [6.07, 6.45) is -0.630. The Morgan fingerprint density at radius 1 is 1.19 bits per heavy atom. The second kappa shape index (κ2) is 8.53. The van der Waals surface area contributed by atoms with Crippen LogP contribution in [-0.4, -0.2) is 50.6 Å². The molecule has 1 aliphatic rings. The van der Waals surface area contributed by atoms with Gasteiger partial charge in [-0.3, -0.25) is 4.79 Å². The molecule has 8 heteroatoms. The summed E-state index contributed by atoms with van der Waals surface area (Å²) in [5.41, 5.74) is 0.310. The van der Waals surface area contributed by atoms with Crippen molar-refractivity contribution in [3.05, 3.63) is 29.8 Å². The number of nitrogens with one attached hydrogen (secondary N) is 1. The van der Waals surface area contributed by atoms with Crippen molar-refractivity contribution in [2.75, 3.05) is 18.1 Å². The minimum Gasteiger partial charge on any atom is -0.493 e. The molecule has 1 aromatic carbocycles. The second-order valence-corrected chi connectivity index (χ2v) is 9.11. The quantitative estimate of drug-likeness (QED) is 0.718. The van der Waals surface area contributed by atoms with Crippen LogP contribution in [0.15, 0.2) is 24.3 Å². The molecular formula is C18H25NO6S. The zero-order valence-corrected chi connectivity index (χ0v) is 16.0. The lowest BCUT2D eigenvalue weighted by molar-refractivity contribution is -0.129. The molecule has 1 saturated heterocycles. The normalized spacial score (nSPS) is 19.8. The Bertz CT molecular complexity index is 741. The average Bonchev–Trinajstić information content (AvgIpc) is 2.91. The van der Waals surface area contributed by atoms with E-state index in [1.54, 1.807) is 24.3 Å². The van der Waals surface area contributed by atoms with Crippen LogP contribution < -0.4 is 10.1 Å². The van der Waals surface area contributed by atoms with Gasteiger partial charge in [0.15, 0.2) is 15.9 Å². The fraction of sp³-hybridized carbons (Fsp3) is 0.556. The molecule has 1 N–H and O–H groups in total. The molecule has 1 amide bonds. The molecule has 0 saturated carbocycles. The van der Waals surface area contributed by atoms with Crippen molar-refractivity contribution in [3.63, 3.8) is 0 Å². The van der Waals surface area contributed by atoms with Crippen molar-refractivity contribution in [1.29, 1.82) is 0 Å².